The Kier molecular flexibility index (Phi) is 5.51. The zero-order valence-electron chi connectivity index (χ0n) is 12.4. The van der Waals surface area contributed by atoms with Gasteiger partial charge in [0.25, 0.3) is 0 Å². The van der Waals surface area contributed by atoms with Crippen LogP contribution in [-0.2, 0) is 5.54 Å². The van der Waals surface area contributed by atoms with Gasteiger partial charge >= 0.3 is 0 Å². The van der Waals surface area contributed by atoms with Gasteiger partial charge in [0.2, 0.25) is 0 Å². The van der Waals surface area contributed by atoms with Crippen LogP contribution in [0.15, 0.2) is 60.7 Å². The average Bonchev–Trinajstić information content (AvgIpc) is 2.55. The zero-order valence-corrected chi connectivity index (χ0v) is 12.4. The molecule has 0 spiro atoms. The highest BCUT2D eigenvalue weighted by Crippen LogP contribution is 2.35. The van der Waals surface area contributed by atoms with Gasteiger partial charge in [0.05, 0.1) is 18.8 Å². The van der Waals surface area contributed by atoms with E-state index in [1.165, 1.54) is 0 Å². The van der Waals surface area contributed by atoms with E-state index in [1.54, 1.807) is 0 Å². The maximum atomic E-state index is 9.40. The molecule has 0 atom stereocenters. The lowest BCUT2D eigenvalue weighted by Crippen LogP contribution is -2.47. The van der Waals surface area contributed by atoms with Crippen LogP contribution in [0.4, 0.5) is 0 Å². The Morgan fingerprint density at radius 3 is 1.48 bits per heavy atom. The van der Waals surface area contributed by atoms with Crippen molar-refractivity contribution >= 4 is 0 Å². The van der Waals surface area contributed by atoms with Gasteiger partial charge in [-0.1, -0.05) is 60.7 Å². The number of hydrogen-bond donors (Lipinski definition) is 2. The van der Waals surface area contributed by atoms with Crippen molar-refractivity contribution in [1.82, 2.24) is 4.90 Å². The summed E-state index contributed by atoms with van der Waals surface area (Å²) in [6.45, 7) is 3.30. The zero-order chi connectivity index (χ0) is 15.1. The SMILES string of the molecule is CC(c1ccccc1)(c1ccccc1)N(CCO)CCO. The van der Waals surface area contributed by atoms with Gasteiger partial charge in [-0.25, -0.2) is 0 Å². The van der Waals surface area contributed by atoms with E-state index in [0.29, 0.717) is 13.1 Å². The third-order valence-electron chi connectivity index (χ3n) is 4.04. The maximum absolute atomic E-state index is 9.40. The molecule has 3 nitrogen and oxygen atoms in total. The summed E-state index contributed by atoms with van der Waals surface area (Å²) in [5, 5.41) is 18.8. The van der Waals surface area contributed by atoms with E-state index in [9.17, 15) is 10.2 Å². The summed E-state index contributed by atoms with van der Waals surface area (Å²) in [4.78, 5) is 2.12. The Labute approximate surface area is 126 Å². The first-order valence-electron chi connectivity index (χ1n) is 7.31. The summed E-state index contributed by atoms with van der Waals surface area (Å²) in [6, 6.07) is 20.4. The molecule has 0 bridgehead atoms. The van der Waals surface area contributed by atoms with Gasteiger partial charge in [-0.05, 0) is 18.1 Å². The molecule has 0 heterocycles. The molecule has 112 valence electrons. The molecular formula is C18H23NO2. The molecule has 0 fully saturated rings. The summed E-state index contributed by atoms with van der Waals surface area (Å²) in [5.74, 6) is 0. The van der Waals surface area contributed by atoms with Crippen molar-refractivity contribution in [3.8, 4) is 0 Å². The first-order chi connectivity index (χ1) is 10.2. The van der Waals surface area contributed by atoms with Crippen LogP contribution in [0, 0.1) is 0 Å². The van der Waals surface area contributed by atoms with E-state index >= 15 is 0 Å². The molecule has 0 aliphatic carbocycles. The molecule has 0 aromatic heterocycles. The van der Waals surface area contributed by atoms with Gasteiger partial charge in [-0.3, -0.25) is 4.90 Å². The Balaban J connectivity index is 2.53. The first-order valence-corrected chi connectivity index (χ1v) is 7.31. The lowest BCUT2D eigenvalue weighted by atomic mass is 9.83. The van der Waals surface area contributed by atoms with Crippen LogP contribution >= 0.6 is 0 Å². The molecule has 2 rings (SSSR count). The molecule has 0 saturated heterocycles. The smallest absolute Gasteiger partial charge is 0.0688 e. The van der Waals surface area contributed by atoms with Crippen molar-refractivity contribution < 1.29 is 10.2 Å². The van der Waals surface area contributed by atoms with E-state index in [4.69, 9.17) is 0 Å². The van der Waals surface area contributed by atoms with E-state index in [-0.39, 0.29) is 18.8 Å². The number of aliphatic hydroxyl groups excluding tert-OH is 2. The molecule has 0 saturated carbocycles. The lowest BCUT2D eigenvalue weighted by Gasteiger charge is -2.42. The topological polar surface area (TPSA) is 43.7 Å². The standard InChI is InChI=1S/C18H23NO2/c1-18(16-8-4-2-5-9-16,17-10-6-3-7-11-17)19(12-14-20)13-15-21/h2-11,20-21H,12-15H2,1H3. The van der Waals surface area contributed by atoms with Crippen molar-refractivity contribution in [3.05, 3.63) is 71.8 Å². The van der Waals surface area contributed by atoms with Gasteiger partial charge in [0, 0.05) is 13.1 Å². The van der Waals surface area contributed by atoms with E-state index in [0.717, 1.165) is 11.1 Å². The quantitative estimate of drug-likeness (QED) is 0.820. The summed E-state index contributed by atoms with van der Waals surface area (Å²) >= 11 is 0. The summed E-state index contributed by atoms with van der Waals surface area (Å²) < 4.78 is 0. The summed E-state index contributed by atoms with van der Waals surface area (Å²) in [6.07, 6.45) is 0. The second-order valence-electron chi connectivity index (χ2n) is 5.24. The van der Waals surface area contributed by atoms with Crippen LogP contribution in [-0.4, -0.2) is 41.4 Å². The Hall–Kier alpha value is -1.68. The van der Waals surface area contributed by atoms with Crippen molar-refractivity contribution in [2.45, 2.75) is 12.5 Å². The van der Waals surface area contributed by atoms with Crippen LogP contribution in [0.2, 0.25) is 0 Å². The maximum Gasteiger partial charge on any atom is 0.0688 e. The van der Waals surface area contributed by atoms with E-state index < -0.39 is 0 Å². The molecule has 0 aliphatic rings. The van der Waals surface area contributed by atoms with Crippen LogP contribution in [0.25, 0.3) is 0 Å². The monoisotopic (exact) mass is 285 g/mol. The minimum Gasteiger partial charge on any atom is -0.395 e. The molecule has 3 heteroatoms. The van der Waals surface area contributed by atoms with Gasteiger partial charge < -0.3 is 10.2 Å². The van der Waals surface area contributed by atoms with Crippen LogP contribution < -0.4 is 0 Å². The Morgan fingerprint density at radius 2 is 1.14 bits per heavy atom. The average molecular weight is 285 g/mol. The second-order valence-corrected chi connectivity index (χ2v) is 5.24. The van der Waals surface area contributed by atoms with Gasteiger partial charge in [-0.15, -0.1) is 0 Å². The van der Waals surface area contributed by atoms with E-state index in [1.807, 2.05) is 36.4 Å². The second kappa shape index (κ2) is 7.36. The Morgan fingerprint density at radius 1 is 0.762 bits per heavy atom. The van der Waals surface area contributed by atoms with E-state index in [2.05, 4.69) is 36.1 Å². The van der Waals surface area contributed by atoms with Crippen molar-refractivity contribution in [2.75, 3.05) is 26.3 Å². The molecule has 0 radical (unpaired) electrons. The lowest BCUT2D eigenvalue weighted by molar-refractivity contribution is 0.0844. The van der Waals surface area contributed by atoms with Crippen molar-refractivity contribution in [1.29, 1.82) is 0 Å². The normalized spacial score (nSPS) is 11.8. The molecule has 21 heavy (non-hydrogen) atoms. The minimum absolute atomic E-state index is 0.0647. The molecular weight excluding hydrogens is 262 g/mol. The fraction of sp³-hybridized carbons (Fsp3) is 0.333. The fourth-order valence-corrected chi connectivity index (χ4v) is 2.86. The molecule has 0 unspecified atom stereocenters. The predicted molar refractivity (Wildman–Crippen MR) is 85.1 cm³/mol. The number of rotatable bonds is 7. The Bertz CT molecular complexity index is 482. The summed E-state index contributed by atoms with van der Waals surface area (Å²) in [5.41, 5.74) is 1.92. The highest BCUT2D eigenvalue weighted by molar-refractivity contribution is 5.37. The van der Waals surface area contributed by atoms with Crippen molar-refractivity contribution in [3.63, 3.8) is 0 Å². The third-order valence-corrected chi connectivity index (χ3v) is 4.04. The number of nitrogens with zero attached hydrogens (tertiary/aromatic N) is 1. The summed E-state index contributed by atoms with van der Waals surface area (Å²) in [7, 11) is 0. The van der Waals surface area contributed by atoms with Crippen LogP contribution in [0.1, 0.15) is 18.1 Å². The number of aliphatic hydroxyl groups is 2. The molecule has 2 N–H and O–H groups in total. The van der Waals surface area contributed by atoms with Gasteiger partial charge in [0.15, 0.2) is 0 Å². The van der Waals surface area contributed by atoms with Crippen LogP contribution in [0.3, 0.4) is 0 Å². The first kappa shape index (κ1) is 15.7. The number of benzene rings is 2. The molecule has 2 aromatic carbocycles. The fourth-order valence-electron chi connectivity index (χ4n) is 2.86. The van der Waals surface area contributed by atoms with Crippen LogP contribution in [0.5, 0.6) is 0 Å². The van der Waals surface area contributed by atoms with Crippen molar-refractivity contribution in [2.24, 2.45) is 0 Å². The number of hydrogen-bond acceptors (Lipinski definition) is 3. The minimum atomic E-state index is -0.381. The highest BCUT2D eigenvalue weighted by atomic mass is 16.3. The largest absolute Gasteiger partial charge is 0.395 e. The molecule has 0 amide bonds. The van der Waals surface area contributed by atoms with Gasteiger partial charge in [0.1, 0.15) is 0 Å². The van der Waals surface area contributed by atoms with Gasteiger partial charge in [-0.2, -0.15) is 0 Å². The third kappa shape index (κ3) is 3.32. The molecule has 0 aliphatic heterocycles. The highest BCUT2D eigenvalue weighted by Gasteiger charge is 2.34. The predicted octanol–water partition coefficient (Wildman–Crippen LogP) is 2.24. The molecule has 2 aromatic rings.